The molecule has 0 aliphatic rings. The summed E-state index contributed by atoms with van der Waals surface area (Å²) in [5, 5.41) is 2.89. The number of aromatic nitrogens is 2. The summed E-state index contributed by atoms with van der Waals surface area (Å²) in [5.41, 5.74) is 3.29. The number of benzene rings is 1. The van der Waals surface area contributed by atoms with E-state index in [2.05, 4.69) is 34.0 Å². The van der Waals surface area contributed by atoms with Crippen molar-refractivity contribution in [2.45, 2.75) is 33.1 Å². The van der Waals surface area contributed by atoms with Gasteiger partial charge < -0.3 is 10.1 Å². The van der Waals surface area contributed by atoms with Gasteiger partial charge in [-0.1, -0.05) is 18.9 Å². The summed E-state index contributed by atoms with van der Waals surface area (Å²) in [6.45, 7) is 4.48. The number of hydrogen-bond donors (Lipinski definition) is 1. The Kier molecular flexibility index (Phi) is 6.59. The maximum Gasteiger partial charge on any atom is 0.274 e. The summed E-state index contributed by atoms with van der Waals surface area (Å²) in [5.74, 6) is 6.62. The summed E-state index contributed by atoms with van der Waals surface area (Å²) >= 11 is 0. The van der Waals surface area contributed by atoms with Crippen LogP contribution in [0.1, 0.15) is 42.2 Å². The van der Waals surface area contributed by atoms with Gasteiger partial charge in [0.25, 0.3) is 5.91 Å². The fourth-order valence-corrected chi connectivity index (χ4v) is 2.70. The van der Waals surface area contributed by atoms with Crippen molar-refractivity contribution < 1.29 is 9.53 Å². The largest absolute Gasteiger partial charge is 0.493 e. The second-order valence-corrected chi connectivity index (χ2v) is 6.38. The van der Waals surface area contributed by atoms with E-state index in [-0.39, 0.29) is 5.91 Å². The predicted molar refractivity (Wildman–Crippen MR) is 111 cm³/mol. The van der Waals surface area contributed by atoms with E-state index in [9.17, 15) is 4.79 Å². The van der Waals surface area contributed by atoms with Crippen LogP contribution in [0, 0.1) is 18.8 Å². The molecule has 2 heterocycles. The molecular weight excluding hydrogens is 350 g/mol. The van der Waals surface area contributed by atoms with Crippen molar-refractivity contribution >= 4 is 22.6 Å². The highest BCUT2D eigenvalue weighted by molar-refractivity contribution is 6.05. The van der Waals surface area contributed by atoms with Gasteiger partial charge in [0.2, 0.25) is 0 Å². The van der Waals surface area contributed by atoms with Gasteiger partial charge in [-0.25, -0.2) is 4.98 Å². The molecule has 0 atom stereocenters. The van der Waals surface area contributed by atoms with Crippen molar-refractivity contribution in [3.8, 4) is 17.6 Å². The van der Waals surface area contributed by atoms with Crippen molar-refractivity contribution in [2.75, 3.05) is 11.9 Å². The molecule has 142 valence electrons. The number of carbonyl (C=O) groups excluding carboxylic acids is 1. The first-order valence-electron chi connectivity index (χ1n) is 9.39. The molecule has 1 N–H and O–H groups in total. The zero-order valence-electron chi connectivity index (χ0n) is 16.2. The Labute approximate surface area is 165 Å². The van der Waals surface area contributed by atoms with Crippen molar-refractivity contribution in [2.24, 2.45) is 0 Å². The number of pyridine rings is 2. The van der Waals surface area contributed by atoms with Crippen molar-refractivity contribution in [3.05, 3.63) is 59.9 Å². The molecule has 0 radical (unpaired) electrons. The summed E-state index contributed by atoms with van der Waals surface area (Å²) in [6, 6.07) is 12.9. The van der Waals surface area contributed by atoms with E-state index in [1.807, 2.05) is 37.3 Å². The van der Waals surface area contributed by atoms with E-state index >= 15 is 0 Å². The molecule has 0 aliphatic heterocycles. The normalized spacial score (nSPS) is 10.2. The van der Waals surface area contributed by atoms with Crippen LogP contribution in [0.25, 0.3) is 11.0 Å². The number of amides is 1. The third kappa shape index (κ3) is 5.08. The molecule has 28 heavy (non-hydrogen) atoms. The lowest BCUT2D eigenvalue weighted by Crippen LogP contribution is -2.15. The van der Waals surface area contributed by atoms with Crippen LogP contribution < -0.4 is 10.1 Å². The molecule has 0 saturated carbocycles. The highest BCUT2D eigenvalue weighted by Crippen LogP contribution is 2.20. The number of hydrogen-bond acceptors (Lipinski definition) is 4. The van der Waals surface area contributed by atoms with Gasteiger partial charge in [-0.3, -0.25) is 9.78 Å². The van der Waals surface area contributed by atoms with Crippen LogP contribution in [0.3, 0.4) is 0 Å². The Hall–Kier alpha value is -3.39. The van der Waals surface area contributed by atoms with Gasteiger partial charge in [-0.05, 0) is 49.2 Å². The third-order valence-electron chi connectivity index (χ3n) is 4.08. The van der Waals surface area contributed by atoms with E-state index in [0.717, 1.165) is 23.9 Å². The minimum absolute atomic E-state index is 0.258. The quantitative estimate of drug-likeness (QED) is 0.500. The van der Waals surface area contributed by atoms with Gasteiger partial charge in [-0.2, -0.15) is 0 Å². The summed E-state index contributed by atoms with van der Waals surface area (Å²) in [7, 11) is 0. The van der Waals surface area contributed by atoms with Crippen molar-refractivity contribution in [1.29, 1.82) is 0 Å². The molecule has 2 aromatic heterocycles. The second-order valence-electron chi connectivity index (χ2n) is 6.38. The van der Waals surface area contributed by atoms with Gasteiger partial charge in [0.1, 0.15) is 11.4 Å². The van der Waals surface area contributed by atoms with E-state index in [4.69, 9.17) is 4.74 Å². The number of unbranched alkanes of at least 4 members (excludes halogenated alkanes) is 1. The molecule has 3 rings (SSSR count). The Bertz CT molecular complexity index is 1030. The highest BCUT2D eigenvalue weighted by Gasteiger charge is 2.13. The lowest BCUT2D eigenvalue weighted by atomic mass is 10.1. The highest BCUT2D eigenvalue weighted by atomic mass is 16.5. The number of aryl methyl sites for hydroxylation is 1. The first-order chi connectivity index (χ1) is 13.7. The standard InChI is InChI=1S/C23H23N3O2/c1-3-4-5-6-7-14-28-19-11-8-10-18(16-19)25-23(27)22-17(2)15-21-20(26-22)12-9-13-24-21/h8-13,15-16H,3-4,7,14H2,1-2H3,(H,25,27). The smallest absolute Gasteiger partial charge is 0.274 e. The fraction of sp³-hybridized carbons (Fsp3) is 0.261. The molecule has 0 aliphatic carbocycles. The molecule has 3 aromatic rings. The van der Waals surface area contributed by atoms with Gasteiger partial charge >= 0.3 is 0 Å². The molecule has 0 spiro atoms. The summed E-state index contributed by atoms with van der Waals surface area (Å²) in [6.07, 6.45) is 4.38. The zero-order chi connectivity index (χ0) is 19.8. The molecule has 5 heteroatoms. The SMILES string of the molecule is CCCC#CCCOc1cccc(NC(=O)c2nc3cccnc3cc2C)c1. The summed E-state index contributed by atoms with van der Waals surface area (Å²) < 4.78 is 5.72. The molecule has 0 saturated heterocycles. The first-order valence-corrected chi connectivity index (χ1v) is 9.39. The van der Waals surface area contributed by atoms with Crippen LogP contribution in [-0.2, 0) is 0 Å². The van der Waals surface area contributed by atoms with Crippen LogP contribution >= 0.6 is 0 Å². The van der Waals surface area contributed by atoms with Gasteiger partial charge in [-0.15, -0.1) is 5.92 Å². The van der Waals surface area contributed by atoms with E-state index in [0.29, 0.717) is 35.7 Å². The van der Waals surface area contributed by atoms with Gasteiger partial charge in [0.15, 0.2) is 0 Å². The Morgan fingerprint density at radius 1 is 1.11 bits per heavy atom. The maximum absolute atomic E-state index is 12.7. The zero-order valence-corrected chi connectivity index (χ0v) is 16.2. The topological polar surface area (TPSA) is 64.1 Å². The second kappa shape index (κ2) is 9.52. The number of anilines is 1. The molecule has 0 bridgehead atoms. The van der Waals surface area contributed by atoms with E-state index in [1.54, 1.807) is 18.3 Å². The van der Waals surface area contributed by atoms with Crippen LogP contribution in [-0.4, -0.2) is 22.5 Å². The third-order valence-corrected chi connectivity index (χ3v) is 4.08. The average molecular weight is 373 g/mol. The van der Waals surface area contributed by atoms with Gasteiger partial charge in [0, 0.05) is 30.8 Å². The molecule has 0 fully saturated rings. The molecular formula is C23H23N3O2. The van der Waals surface area contributed by atoms with Crippen LogP contribution in [0.5, 0.6) is 5.75 Å². The number of carbonyl (C=O) groups is 1. The number of rotatable bonds is 6. The fourth-order valence-electron chi connectivity index (χ4n) is 2.70. The minimum Gasteiger partial charge on any atom is -0.493 e. The summed E-state index contributed by atoms with van der Waals surface area (Å²) in [4.78, 5) is 21.4. The molecule has 1 aromatic carbocycles. The number of nitrogens with one attached hydrogen (secondary N) is 1. The number of nitrogens with zero attached hydrogens (tertiary/aromatic N) is 2. The number of fused-ring (bicyclic) bond motifs is 1. The average Bonchev–Trinajstić information content (AvgIpc) is 2.70. The van der Waals surface area contributed by atoms with Crippen molar-refractivity contribution in [1.82, 2.24) is 9.97 Å². The van der Waals surface area contributed by atoms with Crippen LogP contribution in [0.15, 0.2) is 48.7 Å². The lowest BCUT2D eigenvalue weighted by Gasteiger charge is -2.10. The molecule has 0 unspecified atom stereocenters. The molecule has 5 nitrogen and oxygen atoms in total. The van der Waals surface area contributed by atoms with Gasteiger partial charge in [0.05, 0.1) is 17.6 Å². The number of ether oxygens (including phenoxy) is 1. The Morgan fingerprint density at radius 3 is 2.82 bits per heavy atom. The predicted octanol–water partition coefficient (Wildman–Crippen LogP) is 4.76. The van der Waals surface area contributed by atoms with Crippen LogP contribution in [0.2, 0.25) is 0 Å². The first kappa shape index (κ1) is 19.4. The monoisotopic (exact) mass is 373 g/mol. The lowest BCUT2D eigenvalue weighted by molar-refractivity contribution is 0.102. The van der Waals surface area contributed by atoms with E-state index in [1.165, 1.54) is 0 Å². The maximum atomic E-state index is 12.7. The van der Waals surface area contributed by atoms with Crippen LogP contribution in [0.4, 0.5) is 5.69 Å². The van der Waals surface area contributed by atoms with Crippen molar-refractivity contribution in [3.63, 3.8) is 0 Å². The van der Waals surface area contributed by atoms with E-state index < -0.39 is 0 Å². The minimum atomic E-state index is -0.258. The molecule has 1 amide bonds. The Morgan fingerprint density at radius 2 is 1.96 bits per heavy atom. The Balaban J connectivity index is 1.66.